The van der Waals surface area contributed by atoms with E-state index in [-0.39, 0.29) is 17.1 Å². The van der Waals surface area contributed by atoms with Crippen LogP contribution in [-0.2, 0) is 10.2 Å². The highest BCUT2D eigenvalue weighted by Gasteiger charge is 2.21. The summed E-state index contributed by atoms with van der Waals surface area (Å²) in [5.74, 6) is 1.55. The third-order valence-corrected chi connectivity index (χ3v) is 5.80. The Morgan fingerprint density at radius 3 is 2.52 bits per heavy atom. The summed E-state index contributed by atoms with van der Waals surface area (Å²) in [6, 6.07) is 19.1. The summed E-state index contributed by atoms with van der Waals surface area (Å²) < 4.78 is 12.7. The molecule has 0 aliphatic heterocycles. The van der Waals surface area contributed by atoms with Gasteiger partial charge >= 0.3 is 0 Å². The van der Waals surface area contributed by atoms with E-state index in [1.54, 1.807) is 13.2 Å². The number of hydrogen-bond donors (Lipinski definition) is 1. The van der Waals surface area contributed by atoms with Crippen LogP contribution in [0.15, 0.2) is 70.3 Å². The molecule has 0 radical (unpaired) electrons. The number of methoxy groups -OCH3 is 1. The number of ether oxygens (including phenoxy) is 1. The first-order valence-corrected chi connectivity index (χ1v) is 11.4. The molecule has 4 aromatic rings. The van der Waals surface area contributed by atoms with E-state index in [0.717, 1.165) is 16.9 Å². The Labute approximate surface area is 196 Å². The largest absolute Gasteiger partial charge is 0.496 e. The van der Waals surface area contributed by atoms with Crippen molar-refractivity contribution in [2.45, 2.75) is 31.3 Å². The second-order valence-electron chi connectivity index (χ2n) is 8.34. The van der Waals surface area contributed by atoms with Crippen LogP contribution >= 0.6 is 11.8 Å². The van der Waals surface area contributed by atoms with Crippen molar-refractivity contribution in [3.63, 3.8) is 0 Å². The quantitative estimate of drug-likeness (QED) is 0.387. The normalized spacial score (nSPS) is 11.4. The molecule has 170 valence electrons. The molecule has 0 atom stereocenters. The van der Waals surface area contributed by atoms with Crippen molar-refractivity contribution < 1.29 is 14.1 Å². The molecule has 0 aliphatic carbocycles. The Kier molecular flexibility index (Phi) is 6.50. The van der Waals surface area contributed by atoms with Crippen LogP contribution in [0.5, 0.6) is 5.75 Å². The first kappa shape index (κ1) is 22.6. The van der Waals surface area contributed by atoms with E-state index in [4.69, 9.17) is 9.26 Å². The Hall–Kier alpha value is -3.59. The van der Waals surface area contributed by atoms with Crippen molar-refractivity contribution in [2.24, 2.45) is 0 Å². The lowest BCUT2D eigenvalue weighted by atomic mass is 9.92. The Morgan fingerprint density at radius 2 is 1.82 bits per heavy atom. The summed E-state index contributed by atoms with van der Waals surface area (Å²) in [5, 5.41) is 16.2. The third-order valence-electron chi connectivity index (χ3n) is 4.87. The lowest BCUT2D eigenvalue weighted by molar-refractivity contribution is -0.113. The minimum absolute atomic E-state index is 0.127. The van der Waals surface area contributed by atoms with Gasteiger partial charge in [0.15, 0.2) is 11.0 Å². The molecule has 0 spiro atoms. The molecule has 4 rings (SSSR count). The van der Waals surface area contributed by atoms with Crippen LogP contribution in [-0.4, -0.2) is 38.7 Å². The predicted molar refractivity (Wildman–Crippen MR) is 128 cm³/mol. The van der Waals surface area contributed by atoms with E-state index >= 15 is 0 Å². The van der Waals surface area contributed by atoms with Gasteiger partial charge in [0, 0.05) is 17.2 Å². The number of benzene rings is 2. The Bertz CT molecular complexity index is 1240. The van der Waals surface area contributed by atoms with Crippen LogP contribution < -0.4 is 10.1 Å². The molecule has 0 fully saturated rings. The molecule has 1 N–H and O–H groups in total. The van der Waals surface area contributed by atoms with Crippen LogP contribution in [0.3, 0.4) is 0 Å². The molecule has 2 aromatic carbocycles. The second-order valence-corrected chi connectivity index (χ2v) is 9.28. The summed E-state index contributed by atoms with van der Waals surface area (Å²) in [4.78, 5) is 12.6. The highest BCUT2D eigenvalue weighted by atomic mass is 32.2. The van der Waals surface area contributed by atoms with E-state index in [9.17, 15) is 4.79 Å². The SMILES string of the molecule is COc1ccccc1-c1nnc(SCC(=O)Nc2cc(C(C)(C)C)no2)n1-c1ccccc1. The van der Waals surface area contributed by atoms with Gasteiger partial charge in [0.25, 0.3) is 0 Å². The number of anilines is 1. The molecule has 2 aromatic heterocycles. The van der Waals surface area contributed by atoms with Gasteiger partial charge in [0.1, 0.15) is 5.75 Å². The van der Waals surface area contributed by atoms with Crippen molar-refractivity contribution in [3.05, 3.63) is 66.4 Å². The summed E-state index contributed by atoms with van der Waals surface area (Å²) in [5.41, 5.74) is 2.30. The molecule has 8 nitrogen and oxygen atoms in total. The molecular weight excluding hydrogens is 438 g/mol. The monoisotopic (exact) mass is 463 g/mol. The van der Waals surface area contributed by atoms with E-state index < -0.39 is 0 Å². The third kappa shape index (κ3) is 5.09. The molecule has 0 unspecified atom stereocenters. The van der Waals surface area contributed by atoms with Gasteiger partial charge in [0.05, 0.1) is 24.1 Å². The Balaban J connectivity index is 1.57. The summed E-state index contributed by atoms with van der Waals surface area (Å²) in [6.07, 6.45) is 0. The highest BCUT2D eigenvalue weighted by Crippen LogP contribution is 2.33. The number of amides is 1. The first-order chi connectivity index (χ1) is 15.9. The smallest absolute Gasteiger partial charge is 0.237 e. The maximum absolute atomic E-state index is 12.6. The van der Waals surface area contributed by atoms with Crippen LogP contribution in [0.4, 0.5) is 5.88 Å². The number of aromatic nitrogens is 4. The van der Waals surface area contributed by atoms with E-state index in [1.807, 2.05) is 79.9 Å². The molecule has 33 heavy (non-hydrogen) atoms. The number of rotatable bonds is 7. The van der Waals surface area contributed by atoms with Crippen LogP contribution in [0.2, 0.25) is 0 Å². The standard InChI is InChI=1S/C24H25N5O3S/c1-24(2,3)19-14-21(32-28-19)25-20(30)15-33-23-27-26-22(17-12-8-9-13-18(17)31-4)29(23)16-10-6-5-7-11-16/h5-14H,15H2,1-4H3,(H,25,30). The highest BCUT2D eigenvalue weighted by molar-refractivity contribution is 7.99. The average molecular weight is 464 g/mol. The fourth-order valence-electron chi connectivity index (χ4n) is 3.17. The van der Waals surface area contributed by atoms with Crippen molar-refractivity contribution in [1.82, 2.24) is 19.9 Å². The lowest BCUT2D eigenvalue weighted by Gasteiger charge is -2.12. The number of thioether (sulfide) groups is 1. The van der Waals surface area contributed by atoms with Crippen molar-refractivity contribution >= 4 is 23.6 Å². The number of nitrogens with zero attached hydrogens (tertiary/aromatic N) is 4. The maximum atomic E-state index is 12.6. The van der Waals surface area contributed by atoms with Crippen molar-refractivity contribution in [3.8, 4) is 22.8 Å². The van der Waals surface area contributed by atoms with Gasteiger partial charge in [-0.25, -0.2) is 0 Å². The number of hydrogen-bond acceptors (Lipinski definition) is 7. The number of nitrogens with one attached hydrogen (secondary N) is 1. The van der Waals surface area contributed by atoms with Gasteiger partial charge in [-0.2, -0.15) is 0 Å². The van der Waals surface area contributed by atoms with Gasteiger partial charge in [0.2, 0.25) is 11.8 Å². The fraction of sp³-hybridized carbons (Fsp3) is 0.250. The van der Waals surface area contributed by atoms with Crippen molar-refractivity contribution in [1.29, 1.82) is 0 Å². The molecular formula is C24H25N5O3S. The van der Waals surface area contributed by atoms with Crippen molar-refractivity contribution in [2.75, 3.05) is 18.2 Å². The van der Waals surface area contributed by atoms with Gasteiger partial charge in [-0.15, -0.1) is 10.2 Å². The van der Waals surface area contributed by atoms with Crippen LogP contribution in [0, 0.1) is 0 Å². The second kappa shape index (κ2) is 9.50. The average Bonchev–Trinajstić information content (AvgIpc) is 3.45. The molecule has 1 amide bonds. The van der Waals surface area contributed by atoms with E-state index in [1.165, 1.54) is 11.8 Å². The topological polar surface area (TPSA) is 95.1 Å². The minimum atomic E-state index is -0.224. The van der Waals surface area contributed by atoms with Crippen LogP contribution in [0.25, 0.3) is 17.1 Å². The zero-order chi connectivity index (χ0) is 23.4. The molecule has 2 heterocycles. The zero-order valence-electron chi connectivity index (χ0n) is 18.9. The van der Waals surface area contributed by atoms with Gasteiger partial charge in [-0.1, -0.05) is 68.0 Å². The Morgan fingerprint density at radius 1 is 1.09 bits per heavy atom. The van der Waals surface area contributed by atoms with Gasteiger partial charge in [-0.3, -0.25) is 14.7 Å². The fourth-order valence-corrected chi connectivity index (χ4v) is 3.92. The summed E-state index contributed by atoms with van der Waals surface area (Å²) >= 11 is 1.28. The number of carbonyl (C=O) groups is 1. The molecule has 0 saturated heterocycles. The molecule has 0 aliphatic rings. The minimum Gasteiger partial charge on any atom is -0.496 e. The van der Waals surface area contributed by atoms with E-state index in [0.29, 0.717) is 22.6 Å². The molecule has 0 bridgehead atoms. The number of carbonyl (C=O) groups excluding carboxylic acids is 1. The first-order valence-electron chi connectivity index (χ1n) is 10.4. The molecule has 0 saturated carbocycles. The van der Waals surface area contributed by atoms with Crippen LogP contribution in [0.1, 0.15) is 26.5 Å². The van der Waals surface area contributed by atoms with Gasteiger partial charge < -0.3 is 9.26 Å². The molecule has 9 heteroatoms. The predicted octanol–water partition coefficient (Wildman–Crippen LogP) is 4.96. The summed E-state index contributed by atoms with van der Waals surface area (Å²) in [6.45, 7) is 6.09. The maximum Gasteiger partial charge on any atom is 0.237 e. The number of para-hydroxylation sites is 2. The summed E-state index contributed by atoms with van der Waals surface area (Å²) in [7, 11) is 1.62. The van der Waals surface area contributed by atoms with E-state index in [2.05, 4.69) is 20.7 Å². The van der Waals surface area contributed by atoms with Gasteiger partial charge in [-0.05, 0) is 24.3 Å². The zero-order valence-corrected chi connectivity index (χ0v) is 19.7. The lowest BCUT2D eigenvalue weighted by Crippen LogP contribution is -2.14.